The molecule has 1 fully saturated rings. The zero-order chi connectivity index (χ0) is 12.5. The summed E-state index contributed by atoms with van der Waals surface area (Å²) in [5, 5.41) is 8.24. The molecule has 1 aliphatic carbocycles. The van der Waals surface area contributed by atoms with E-state index in [0.717, 1.165) is 22.1 Å². The zero-order valence-electron chi connectivity index (χ0n) is 10.6. The molecule has 0 atom stereocenters. The van der Waals surface area contributed by atoms with Crippen LogP contribution in [0.1, 0.15) is 43.1 Å². The van der Waals surface area contributed by atoms with Gasteiger partial charge in [0.25, 0.3) is 5.89 Å². The molecule has 6 heteroatoms. The van der Waals surface area contributed by atoms with Crippen molar-refractivity contribution in [1.29, 1.82) is 0 Å². The van der Waals surface area contributed by atoms with E-state index in [1.807, 2.05) is 14.0 Å². The average Bonchev–Trinajstić information content (AvgIpc) is 3.07. The summed E-state index contributed by atoms with van der Waals surface area (Å²) in [5.74, 6) is 1.93. The van der Waals surface area contributed by atoms with Gasteiger partial charge < -0.3 is 9.84 Å². The highest BCUT2D eigenvalue weighted by Crippen LogP contribution is 2.36. The molecule has 1 N–H and O–H groups in total. The van der Waals surface area contributed by atoms with Crippen LogP contribution in [0, 0.1) is 6.92 Å². The number of nitrogens with one attached hydrogen (secondary N) is 1. The number of aromatic nitrogens is 3. The predicted molar refractivity (Wildman–Crippen MR) is 70.9 cm³/mol. The fraction of sp³-hybridized carbons (Fsp3) is 0.583. The number of nitrogens with zero attached hydrogens (tertiary/aromatic N) is 3. The maximum Gasteiger partial charge on any atom is 0.262 e. The standard InChI is InChI=1S/C12H16N4OS/c1-7-9(12(13-2)18-16-7)11-14-10(15-17-11)8-5-3-4-6-8/h8,13H,3-6H2,1-2H3. The predicted octanol–water partition coefficient (Wildman–Crippen LogP) is 3.20. The molecule has 0 amide bonds. The molecule has 96 valence electrons. The molecule has 0 radical (unpaired) electrons. The minimum atomic E-state index is 0.479. The van der Waals surface area contributed by atoms with Gasteiger partial charge in [-0.15, -0.1) is 0 Å². The van der Waals surface area contributed by atoms with Gasteiger partial charge in [0.15, 0.2) is 5.82 Å². The van der Waals surface area contributed by atoms with Crippen LogP contribution in [0.15, 0.2) is 4.52 Å². The van der Waals surface area contributed by atoms with Crippen LogP contribution in [-0.4, -0.2) is 21.6 Å². The SMILES string of the molecule is CNc1snc(C)c1-c1nc(C2CCCC2)no1. The van der Waals surface area contributed by atoms with E-state index in [9.17, 15) is 0 Å². The van der Waals surface area contributed by atoms with Crippen LogP contribution < -0.4 is 5.32 Å². The van der Waals surface area contributed by atoms with Crippen molar-refractivity contribution in [3.63, 3.8) is 0 Å². The Balaban J connectivity index is 1.94. The van der Waals surface area contributed by atoms with Gasteiger partial charge in [0.1, 0.15) is 5.00 Å². The quantitative estimate of drug-likeness (QED) is 0.922. The Morgan fingerprint density at radius 1 is 1.33 bits per heavy atom. The van der Waals surface area contributed by atoms with Gasteiger partial charge in [-0.2, -0.15) is 9.36 Å². The summed E-state index contributed by atoms with van der Waals surface area (Å²) in [5.41, 5.74) is 1.88. The highest BCUT2D eigenvalue weighted by Gasteiger charge is 2.24. The molecule has 0 aliphatic heterocycles. The minimum absolute atomic E-state index is 0.479. The van der Waals surface area contributed by atoms with E-state index in [0.29, 0.717) is 11.8 Å². The molecule has 3 rings (SSSR count). The summed E-state index contributed by atoms with van der Waals surface area (Å²) in [6.45, 7) is 1.96. The monoisotopic (exact) mass is 264 g/mol. The molecule has 0 unspecified atom stereocenters. The van der Waals surface area contributed by atoms with Crippen molar-refractivity contribution >= 4 is 16.5 Å². The number of hydrogen-bond donors (Lipinski definition) is 1. The van der Waals surface area contributed by atoms with Gasteiger partial charge in [-0.3, -0.25) is 0 Å². The van der Waals surface area contributed by atoms with Crippen molar-refractivity contribution in [2.75, 3.05) is 12.4 Å². The van der Waals surface area contributed by atoms with Crippen LogP contribution in [0.25, 0.3) is 11.5 Å². The highest BCUT2D eigenvalue weighted by molar-refractivity contribution is 7.10. The van der Waals surface area contributed by atoms with E-state index in [4.69, 9.17) is 4.52 Å². The Labute approximate surface area is 110 Å². The first-order valence-corrected chi connectivity index (χ1v) is 7.05. The smallest absolute Gasteiger partial charge is 0.262 e. The van der Waals surface area contributed by atoms with Gasteiger partial charge in [0.2, 0.25) is 0 Å². The lowest BCUT2D eigenvalue weighted by Gasteiger charge is -2.00. The Morgan fingerprint density at radius 2 is 2.11 bits per heavy atom. The van der Waals surface area contributed by atoms with Crippen molar-refractivity contribution in [1.82, 2.24) is 14.5 Å². The van der Waals surface area contributed by atoms with Gasteiger partial charge >= 0.3 is 0 Å². The first-order valence-electron chi connectivity index (χ1n) is 6.27. The highest BCUT2D eigenvalue weighted by atomic mass is 32.1. The lowest BCUT2D eigenvalue weighted by atomic mass is 10.1. The maximum atomic E-state index is 5.41. The number of aryl methyl sites for hydroxylation is 1. The molecule has 2 aromatic heterocycles. The van der Waals surface area contributed by atoms with Gasteiger partial charge in [0.05, 0.1) is 11.3 Å². The second kappa shape index (κ2) is 4.68. The molecule has 5 nitrogen and oxygen atoms in total. The second-order valence-corrected chi connectivity index (χ2v) is 5.43. The normalized spacial score (nSPS) is 16.3. The third-order valence-electron chi connectivity index (χ3n) is 3.47. The van der Waals surface area contributed by atoms with E-state index in [-0.39, 0.29) is 0 Å². The lowest BCUT2D eigenvalue weighted by Crippen LogP contribution is -1.95. The van der Waals surface area contributed by atoms with Gasteiger partial charge in [-0.1, -0.05) is 18.0 Å². The molecule has 2 aromatic rings. The maximum absolute atomic E-state index is 5.41. The number of anilines is 1. The number of rotatable bonds is 3. The zero-order valence-corrected chi connectivity index (χ0v) is 11.4. The molecule has 18 heavy (non-hydrogen) atoms. The average molecular weight is 264 g/mol. The third-order valence-corrected chi connectivity index (χ3v) is 4.42. The van der Waals surface area contributed by atoms with E-state index in [2.05, 4.69) is 19.8 Å². The molecule has 0 aromatic carbocycles. The summed E-state index contributed by atoms with van der Waals surface area (Å²) < 4.78 is 9.73. The van der Waals surface area contributed by atoms with E-state index in [1.165, 1.54) is 37.2 Å². The fourth-order valence-corrected chi connectivity index (χ4v) is 3.22. The molecule has 0 bridgehead atoms. The van der Waals surface area contributed by atoms with Crippen LogP contribution in [0.4, 0.5) is 5.00 Å². The third kappa shape index (κ3) is 1.90. The Morgan fingerprint density at radius 3 is 2.83 bits per heavy atom. The Hall–Kier alpha value is -1.43. The Kier molecular flexibility index (Phi) is 3.03. The van der Waals surface area contributed by atoms with Crippen LogP contribution in [-0.2, 0) is 0 Å². The van der Waals surface area contributed by atoms with Crippen molar-refractivity contribution in [2.24, 2.45) is 0 Å². The Bertz CT molecular complexity index is 542. The topological polar surface area (TPSA) is 63.8 Å². The molecule has 1 aliphatic rings. The number of hydrogen-bond acceptors (Lipinski definition) is 6. The molecule has 0 saturated heterocycles. The first kappa shape index (κ1) is 11.6. The minimum Gasteiger partial charge on any atom is -0.378 e. The summed E-state index contributed by atoms with van der Waals surface area (Å²) in [7, 11) is 1.88. The molecule has 2 heterocycles. The van der Waals surface area contributed by atoms with Crippen molar-refractivity contribution in [3.8, 4) is 11.5 Å². The largest absolute Gasteiger partial charge is 0.378 e. The van der Waals surface area contributed by atoms with E-state index >= 15 is 0 Å². The van der Waals surface area contributed by atoms with Crippen molar-refractivity contribution in [2.45, 2.75) is 38.5 Å². The van der Waals surface area contributed by atoms with Crippen LogP contribution in [0.2, 0.25) is 0 Å². The van der Waals surface area contributed by atoms with Crippen LogP contribution in [0.5, 0.6) is 0 Å². The lowest BCUT2D eigenvalue weighted by molar-refractivity contribution is 0.416. The fourth-order valence-electron chi connectivity index (χ4n) is 2.48. The van der Waals surface area contributed by atoms with Gasteiger partial charge in [-0.05, 0) is 31.3 Å². The van der Waals surface area contributed by atoms with E-state index < -0.39 is 0 Å². The first-order chi connectivity index (χ1) is 8.79. The summed E-state index contributed by atoms with van der Waals surface area (Å²) in [6.07, 6.45) is 4.90. The molecular formula is C12H16N4OS. The van der Waals surface area contributed by atoms with Crippen LogP contribution >= 0.6 is 11.5 Å². The second-order valence-electron chi connectivity index (χ2n) is 4.66. The summed E-state index contributed by atoms with van der Waals surface area (Å²) >= 11 is 1.42. The van der Waals surface area contributed by atoms with Crippen molar-refractivity contribution < 1.29 is 4.52 Å². The van der Waals surface area contributed by atoms with Gasteiger partial charge in [0, 0.05) is 13.0 Å². The van der Waals surface area contributed by atoms with Crippen molar-refractivity contribution in [3.05, 3.63) is 11.5 Å². The van der Waals surface area contributed by atoms with Gasteiger partial charge in [-0.25, -0.2) is 0 Å². The summed E-state index contributed by atoms with van der Waals surface area (Å²) in [6, 6.07) is 0. The molecular weight excluding hydrogens is 248 g/mol. The summed E-state index contributed by atoms with van der Waals surface area (Å²) in [4.78, 5) is 4.55. The van der Waals surface area contributed by atoms with E-state index in [1.54, 1.807) is 0 Å². The molecule has 0 spiro atoms. The van der Waals surface area contributed by atoms with Crippen LogP contribution in [0.3, 0.4) is 0 Å². The molecule has 1 saturated carbocycles.